The second kappa shape index (κ2) is 5.55. The lowest BCUT2D eigenvalue weighted by atomic mass is 10.2. The zero-order valence-electron chi connectivity index (χ0n) is 9.18. The number of anilines is 1. The summed E-state index contributed by atoms with van der Waals surface area (Å²) in [5, 5.41) is 3.75. The summed E-state index contributed by atoms with van der Waals surface area (Å²) in [5.41, 5.74) is 0.718. The Bertz CT molecular complexity index is 553. The van der Waals surface area contributed by atoms with Crippen molar-refractivity contribution in [2.45, 2.75) is 6.54 Å². The third-order valence-corrected chi connectivity index (χ3v) is 3.06. The van der Waals surface area contributed by atoms with E-state index in [2.05, 4.69) is 5.32 Å². The lowest BCUT2D eigenvalue weighted by Gasteiger charge is -2.10. The van der Waals surface area contributed by atoms with E-state index in [-0.39, 0.29) is 12.1 Å². The minimum absolute atomic E-state index is 0.104. The van der Waals surface area contributed by atoms with E-state index in [0.29, 0.717) is 15.7 Å². The maximum absolute atomic E-state index is 13.4. The lowest BCUT2D eigenvalue weighted by Crippen LogP contribution is -2.03. The lowest BCUT2D eigenvalue weighted by molar-refractivity contribution is 0.587. The number of hydrogen-bond acceptors (Lipinski definition) is 1. The summed E-state index contributed by atoms with van der Waals surface area (Å²) in [6, 6.07) is 8.32. The summed E-state index contributed by atoms with van der Waals surface area (Å²) in [7, 11) is 0. The molecular weight excluding hydrogens is 279 g/mol. The highest BCUT2D eigenvalue weighted by atomic mass is 35.5. The molecule has 0 amide bonds. The van der Waals surface area contributed by atoms with Crippen LogP contribution in [0.2, 0.25) is 10.0 Å². The zero-order valence-corrected chi connectivity index (χ0v) is 10.7. The molecule has 5 heteroatoms. The monoisotopic (exact) mass is 287 g/mol. The number of nitrogens with one attached hydrogen (secondary N) is 1. The molecule has 0 aliphatic rings. The predicted octanol–water partition coefficient (Wildman–Crippen LogP) is 4.88. The summed E-state index contributed by atoms with van der Waals surface area (Å²) in [6.07, 6.45) is 0. The van der Waals surface area contributed by atoms with E-state index in [1.54, 1.807) is 18.2 Å². The Labute approximate surface area is 113 Å². The summed E-state index contributed by atoms with van der Waals surface area (Å²) in [5.74, 6) is -0.967. The Morgan fingerprint density at radius 2 is 1.67 bits per heavy atom. The van der Waals surface area contributed by atoms with Gasteiger partial charge in [0.2, 0.25) is 0 Å². The topological polar surface area (TPSA) is 12.0 Å². The maximum Gasteiger partial charge on any atom is 0.128 e. The fourth-order valence-electron chi connectivity index (χ4n) is 1.53. The first kappa shape index (κ1) is 13.1. The van der Waals surface area contributed by atoms with Crippen molar-refractivity contribution in [2.24, 2.45) is 0 Å². The molecule has 94 valence electrons. The molecule has 1 N–H and O–H groups in total. The van der Waals surface area contributed by atoms with Gasteiger partial charge in [-0.15, -0.1) is 0 Å². The summed E-state index contributed by atoms with van der Waals surface area (Å²) in [6.45, 7) is 0.104. The molecular formula is C13H9Cl2F2N. The third-order valence-electron chi connectivity index (χ3n) is 2.43. The van der Waals surface area contributed by atoms with E-state index in [4.69, 9.17) is 23.2 Å². The quantitative estimate of drug-likeness (QED) is 0.848. The van der Waals surface area contributed by atoms with E-state index in [9.17, 15) is 8.78 Å². The van der Waals surface area contributed by atoms with Crippen molar-refractivity contribution in [1.29, 1.82) is 0 Å². The summed E-state index contributed by atoms with van der Waals surface area (Å²) in [4.78, 5) is 0. The molecule has 0 saturated heterocycles. The highest BCUT2D eigenvalue weighted by Crippen LogP contribution is 2.30. The van der Waals surface area contributed by atoms with Gasteiger partial charge >= 0.3 is 0 Å². The van der Waals surface area contributed by atoms with E-state index in [1.165, 1.54) is 0 Å². The fraction of sp³-hybridized carbons (Fsp3) is 0.0769. The molecule has 2 aromatic carbocycles. The normalized spacial score (nSPS) is 10.4. The van der Waals surface area contributed by atoms with Crippen LogP contribution >= 0.6 is 23.2 Å². The molecule has 0 heterocycles. The molecule has 0 aliphatic heterocycles. The molecule has 0 spiro atoms. The SMILES string of the molecule is Fc1ccc(F)c(CNc2c(Cl)cccc2Cl)c1. The summed E-state index contributed by atoms with van der Waals surface area (Å²) < 4.78 is 26.4. The molecule has 2 aromatic rings. The van der Waals surface area contributed by atoms with Crippen LogP contribution in [0, 0.1) is 11.6 Å². The largest absolute Gasteiger partial charge is 0.378 e. The van der Waals surface area contributed by atoms with E-state index >= 15 is 0 Å². The van der Waals surface area contributed by atoms with Crippen LogP contribution in [0.25, 0.3) is 0 Å². The van der Waals surface area contributed by atoms with Crippen molar-refractivity contribution in [3.8, 4) is 0 Å². The second-order valence-corrected chi connectivity index (χ2v) is 4.50. The minimum atomic E-state index is -0.488. The number of para-hydroxylation sites is 1. The van der Waals surface area contributed by atoms with Gasteiger partial charge in [0, 0.05) is 12.1 Å². The van der Waals surface area contributed by atoms with Crippen molar-refractivity contribution < 1.29 is 8.78 Å². The van der Waals surface area contributed by atoms with Crippen LogP contribution in [0.15, 0.2) is 36.4 Å². The molecule has 0 aliphatic carbocycles. The van der Waals surface area contributed by atoms with Gasteiger partial charge < -0.3 is 5.32 Å². The first-order valence-electron chi connectivity index (χ1n) is 5.20. The number of benzene rings is 2. The van der Waals surface area contributed by atoms with Crippen molar-refractivity contribution in [3.63, 3.8) is 0 Å². The van der Waals surface area contributed by atoms with E-state index < -0.39 is 11.6 Å². The van der Waals surface area contributed by atoms with Crippen LogP contribution in [0.4, 0.5) is 14.5 Å². The molecule has 0 fully saturated rings. The van der Waals surface area contributed by atoms with Crippen LogP contribution in [0.1, 0.15) is 5.56 Å². The Morgan fingerprint density at radius 1 is 1.00 bits per heavy atom. The number of halogens is 4. The van der Waals surface area contributed by atoms with Gasteiger partial charge in [0.25, 0.3) is 0 Å². The highest BCUT2D eigenvalue weighted by Gasteiger charge is 2.07. The predicted molar refractivity (Wildman–Crippen MR) is 70.1 cm³/mol. The van der Waals surface area contributed by atoms with Gasteiger partial charge in [-0.1, -0.05) is 29.3 Å². The van der Waals surface area contributed by atoms with Crippen LogP contribution in [0.3, 0.4) is 0 Å². The molecule has 0 saturated carbocycles. The molecule has 0 radical (unpaired) electrons. The molecule has 0 aromatic heterocycles. The molecule has 18 heavy (non-hydrogen) atoms. The van der Waals surface area contributed by atoms with Gasteiger partial charge in [-0.25, -0.2) is 8.78 Å². The van der Waals surface area contributed by atoms with Gasteiger partial charge in [0.05, 0.1) is 15.7 Å². The second-order valence-electron chi connectivity index (χ2n) is 3.69. The average molecular weight is 288 g/mol. The minimum Gasteiger partial charge on any atom is -0.378 e. The van der Waals surface area contributed by atoms with E-state index in [1.807, 2.05) is 0 Å². The Hall–Kier alpha value is -1.32. The third kappa shape index (κ3) is 2.92. The number of rotatable bonds is 3. The fourth-order valence-corrected chi connectivity index (χ4v) is 2.06. The Morgan fingerprint density at radius 3 is 2.33 bits per heavy atom. The zero-order chi connectivity index (χ0) is 13.1. The van der Waals surface area contributed by atoms with Crippen LogP contribution < -0.4 is 5.32 Å². The van der Waals surface area contributed by atoms with Gasteiger partial charge in [-0.2, -0.15) is 0 Å². The first-order chi connectivity index (χ1) is 8.58. The Kier molecular flexibility index (Phi) is 4.04. The van der Waals surface area contributed by atoms with Gasteiger partial charge in [0.1, 0.15) is 11.6 Å². The summed E-state index contributed by atoms with van der Waals surface area (Å²) >= 11 is 11.9. The number of hydrogen-bond donors (Lipinski definition) is 1. The first-order valence-corrected chi connectivity index (χ1v) is 5.95. The molecule has 2 rings (SSSR count). The van der Waals surface area contributed by atoms with Gasteiger partial charge in [-0.05, 0) is 30.3 Å². The Balaban J connectivity index is 2.19. The van der Waals surface area contributed by atoms with Crippen LogP contribution in [-0.2, 0) is 6.54 Å². The van der Waals surface area contributed by atoms with Crippen molar-refractivity contribution in [2.75, 3.05) is 5.32 Å². The van der Waals surface area contributed by atoms with Crippen molar-refractivity contribution in [3.05, 3.63) is 63.6 Å². The van der Waals surface area contributed by atoms with Gasteiger partial charge in [0.15, 0.2) is 0 Å². The standard InChI is InChI=1S/C13H9Cl2F2N/c14-10-2-1-3-11(15)13(10)18-7-8-6-9(16)4-5-12(8)17/h1-6,18H,7H2. The highest BCUT2D eigenvalue weighted by molar-refractivity contribution is 6.39. The van der Waals surface area contributed by atoms with Crippen LogP contribution in [0.5, 0.6) is 0 Å². The van der Waals surface area contributed by atoms with Crippen molar-refractivity contribution >= 4 is 28.9 Å². The van der Waals surface area contributed by atoms with Crippen molar-refractivity contribution in [1.82, 2.24) is 0 Å². The maximum atomic E-state index is 13.4. The average Bonchev–Trinajstić information content (AvgIpc) is 2.33. The molecule has 0 unspecified atom stereocenters. The molecule has 0 bridgehead atoms. The smallest absolute Gasteiger partial charge is 0.128 e. The molecule has 1 nitrogen and oxygen atoms in total. The van der Waals surface area contributed by atoms with Crippen LogP contribution in [-0.4, -0.2) is 0 Å². The van der Waals surface area contributed by atoms with Gasteiger partial charge in [-0.3, -0.25) is 0 Å². The van der Waals surface area contributed by atoms with E-state index in [0.717, 1.165) is 18.2 Å². The molecule has 0 atom stereocenters.